The van der Waals surface area contributed by atoms with E-state index in [0.717, 1.165) is 6.54 Å². The summed E-state index contributed by atoms with van der Waals surface area (Å²) in [5, 5.41) is 10.5. The normalized spacial score (nSPS) is 28.3. The molecule has 0 aromatic carbocycles. The van der Waals surface area contributed by atoms with Gasteiger partial charge in [0.25, 0.3) is 0 Å². The minimum absolute atomic E-state index is 0.0677. The zero-order chi connectivity index (χ0) is 7.40. The molecule has 1 aliphatic heterocycles. The summed E-state index contributed by atoms with van der Waals surface area (Å²) in [6, 6.07) is 0. The molecule has 5 heteroatoms. The molecule has 1 heterocycles. The molecule has 0 saturated carbocycles. The second-order valence-electron chi connectivity index (χ2n) is 2.19. The van der Waals surface area contributed by atoms with E-state index in [-0.39, 0.29) is 12.7 Å². The molecular weight excluding hydrogens is 151 g/mol. The van der Waals surface area contributed by atoms with Crippen molar-refractivity contribution in [2.75, 3.05) is 26.3 Å². The molecule has 10 heavy (non-hydrogen) atoms. The fourth-order valence-corrected chi connectivity index (χ4v) is 1.09. The van der Waals surface area contributed by atoms with Crippen molar-refractivity contribution in [2.45, 2.75) is 6.10 Å². The van der Waals surface area contributed by atoms with E-state index in [4.69, 9.17) is 9.84 Å². The quantitative estimate of drug-likeness (QED) is 0.577. The van der Waals surface area contributed by atoms with Crippen molar-refractivity contribution in [2.24, 2.45) is 4.85 Å². The van der Waals surface area contributed by atoms with Crippen molar-refractivity contribution in [3.8, 4) is 0 Å². The number of nitrogens with zero attached hydrogens (tertiary/aromatic N) is 2. The van der Waals surface area contributed by atoms with Crippen LogP contribution < -0.4 is 0 Å². The van der Waals surface area contributed by atoms with Crippen molar-refractivity contribution in [3.05, 3.63) is 0 Å². The second-order valence-corrected chi connectivity index (χ2v) is 2.39. The summed E-state index contributed by atoms with van der Waals surface area (Å²) in [7, 11) is 3.03. The molecule has 0 aliphatic carbocycles. The van der Waals surface area contributed by atoms with Gasteiger partial charge in [-0.05, 0) is 0 Å². The Bertz CT molecular complexity index is 122. The molecule has 0 unspecified atom stereocenters. The standard InChI is InChI=1S/C5H11N2O2P/c8-4-5-3-7(6-10)1-2-9-5/h5,8,10H,1-4H2/t5-/m1/s1. The predicted molar refractivity (Wildman–Crippen MR) is 39.1 cm³/mol. The summed E-state index contributed by atoms with van der Waals surface area (Å²) in [6.07, 6.45) is -0.0751. The van der Waals surface area contributed by atoms with Gasteiger partial charge in [-0.2, -0.15) is 9.86 Å². The van der Waals surface area contributed by atoms with Crippen molar-refractivity contribution < 1.29 is 9.84 Å². The van der Waals surface area contributed by atoms with E-state index in [2.05, 4.69) is 13.9 Å². The highest BCUT2D eigenvalue weighted by Crippen LogP contribution is 2.04. The van der Waals surface area contributed by atoms with Gasteiger partial charge in [-0.25, -0.2) is 0 Å². The van der Waals surface area contributed by atoms with Crippen LogP contribution in [-0.4, -0.2) is 42.5 Å². The lowest BCUT2D eigenvalue weighted by molar-refractivity contribution is -0.0513. The Kier molecular flexibility index (Phi) is 3.22. The first-order valence-corrected chi connectivity index (χ1v) is 3.66. The van der Waals surface area contributed by atoms with Gasteiger partial charge in [0.1, 0.15) is 0 Å². The Morgan fingerprint density at radius 2 is 2.60 bits per heavy atom. The highest BCUT2D eigenvalue weighted by Gasteiger charge is 2.17. The summed E-state index contributed by atoms with van der Waals surface area (Å²) < 4.78 is 5.19. The number of aliphatic hydroxyl groups excluding tert-OH is 1. The summed E-state index contributed by atoms with van der Waals surface area (Å²) >= 11 is 0. The lowest BCUT2D eigenvalue weighted by atomic mass is 10.3. The van der Waals surface area contributed by atoms with Crippen LogP contribution in [0.1, 0.15) is 0 Å². The molecule has 1 atom stereocenters. The van der Waals surface area contributed by atoms with Crippen LogP contribution >= 0.6 is 9.03 Å². The van der Waals surface area contributed by atoms with Crippen LogP contribution in [0.25, 0.3) is 0 Å². The second kappa shape index (κ2) is 3.98. The van der Waals surface area contributed by atoms with E-state index in [0.29, 0.717) is 13.2 Å². The molecule has 0 aromatic rings. The van der Waals surface area contributed by atoms with Crippen LogP contribution in [-0.2, 0) is 4.74 Å². The molecule has 0 spiro atoms. The van der Waals surface area contributed by atoms with Gasteiger partial charge in [0.2, 0.25) is 0 Å². The average Bonchev–Trinajstić information content (AvgIpc) is 2.05. The third kappa shape index (κ3) is 1.99. The Balaban J connectivity index is 2.31. The van der Waals surface area contributed by atoms with Gasteiger partial charge in [-0.15, -0.1) is 0 Å². The summed E-state index contributed by atoms with van der Waals surface area (Å²) in [6.45, 7) is 2.16. The van der Waals surface area contributed by atoms with E-state index < -0.39 is 0 Å². The van der Waals surface area contributed by atoms with E-state index >= 15 is 0 Å². The molecule has 0 bridgehead atoms. The summed E-state index contributed by atoms with van der Waals surface area (Å²) in [5.74, 6) is 0. The van der Waals surface area contributed by atoms with Gasteiger partial charge < -0.3 is 9.84 Å². The molecular formula is C5H11N2O2P. The fraction of sp³-hybridized carbons (Fsp3) is 1.00. The summed E-state index contributed by atoms with van der Waals surface area (Å²) in [4.78, 5) is 3.79. The number of ether oxygens (including phenoxy) is 1. The van der Waals surface area contributed by atoms with Crippen LogP contribution in [0, 0.1) is 0 Å². The molecule has 0 aromatic heterocycles. The first-order chi connectivity index (χ1) is 4.86. The predicted octanol–water partition coefficient (Wildman–Crippen LogP) is -0.0791. The first kappa shape index (κ1) is 8.08. The van der Waals surface area contributed by atoms with E-state index in [1.54, 1.807) is 0 Å². The minimum Gasteiger partial charge on any atom is -0.394 e. The van der Waals surface area contributed by atoms with Gasteiger partial charge in [-0.1, -0.05) is 0 Å². The van der Waals surface area contributed by atoms with Crippen LogP contribution in [0.4, 0.5) is 0 Å². The first-order valence-electron chi connectivity index (χ1n) is 3.21. The van der Waals surface area contributed by atoms with E-state index in [1.165, 1.54) is 0 Å². The van der Waals surface area contributed by atoms with Crippen molar-refractivity contribution in [1.29, 1.82) is 0 Å². The SMILES string of the molecule is OC[C@H]1CN(N=P)CCO1. The third-order valence-electron chi connectivity index (χ3n) is 1.46. The largest absolute Gasteiger partial charge is 0.394 e. The number of rotatable bonds is 2. The van der Waals surface area contributed by atoms with E-state index in [9.17, 15) is 0 Å². The van der Waals surface area contributed by atoms with Gasteiger partial charge in [-0.3, -0.25) is 0 Å². The average molecular weight is 162 g/mol. The smallest absolute Gasteiger partial charge is 0.0952 e. The zero-order valence-electron chi connectivity index (χ0n) is 5.66. The van der Waals surface area contributed by atoms with Crippen LogP contribution in [0.2, 0.25) is 0 Å². The third-order valence-corrected chi connectivity index (χ3v) is 1.75. The Hall–Kier alpha value is -0.0200. The van der Waals surface area contributed by atoms with Crippen LogP contribution in [0.15, 0.2) is 4.85 Å². The molecule has 1 saturated heterocycles. The maximum atomic E-state index is 8.70. The Morgan fingerprint density at radius 3 is 3.20 bits per heavy atom. The molecule has 0 amide bonds. The van der Waals surface area contributed by atoms with Crippen molar-refractivity contribution >= 4 is 9.03 Å². The molecule has 4 nitrogen and oxygen atoms in total. The molecule has 0 radical (unpaired) electrons. The van der Waals surface area contributed by atoms with Gasteiger partial charge in [0.05, 0.1) is 19.3 Å². The maximum Gasteiger partial charge on any atom is 0.0952 e. The van der Waals surface area contributed by atoms with Gasteiger partial charge in [0, 0.05) is 22.1 Å². The van der Waals surface area contributed by atoms with E-state index in [1.807, 2.05) is 5.01 Å². The van der Waals surface area contributed by atoms with Crippen molar-refractivity contribution in [1.82, 2.24) is 5.01 Å². The van der Waals surface area contributed by atoms with Crippen LogP contribution in [0.5, 0.6) is 0 Å². The van der Waals surface area contributed by atoms with Crippen LogP contribution in [0.3, 0.4) is 0 Å². The fourth-order valence-electron chi connectivity index (χ4n) is 0.905. The maximum absolute atomic E-state index is 8.70. The lowest BCUT2D eigenvalue weighted by Gasteiger charge is -2.27. The molecule has 1 N–H and O–H groups in total. The monoisotopic (exact) mass is 162 g/mol. The highest BCUT2D eigenvalue weighted by atomic mass is 31.0. The van der Waals surface area contributed by atoms with Gasteiger partial charge in [0.15, 0.2) is 0 Å². The zero-order valence-corrected chi connectivity index (χ0v) is 6.66. The number of morpholine rings is 1. The minimum atomic E-state index is -0.0751. The molecule has 1 aliphatic rings. The van der Waals surface area contributed by atoms with Crippen molar-refractivity contribution in [3.63, 3.8) is 0 Å². The number of hydrogen-bond acceptors (Lipinski definition) is 3. The topological polar surface area (TPSA) is 45.1 Å². The summed E-state index contributed by atoms with van der Waals surface area (Å²) in [5.41, 5.74) is 0. The Morgan fingerprint density at radius 1 is 1.80 bits per heavy atom. The highest BCUT2D eigenvalue weighted by molar-refractivity contribution is 7.03. The Labute approximate surface area is 62.1 Å². The molecule has 58 valence electrons. The molecule has 1 fully saturated rings. The lowest BCUT2D eigenvalue weighted by Crippen LogP contribution is -2.40. The number of aliphatic hydroxyl groups is 1. The number of hydrogen-bond donors (Lipinski definition) is 1. The molecule has 1 rings (SSSR count). The van der Waals surface area contributed by atoms with Gasteiger partial charge >= 0.3 is 0 Å².